The van der Waals surface area contributed by atoms with Gasteiger partial charge in [0.05, 0.1) is 16.2 Å². The van der Waals surface area contributed by atoms with Gasteiger partial charge in [0.25, 0.3) is 5.69 Å². The van der Waals surface area contributed by atoms with E-state index in [0.717, 1.165) is 0 Å². The maximum Gasteiger partial charge on any atom is 0.311 e. The van der Waals surface area contributed by atoms with Crippen LogP contribution in [0.15, 0.2) is 30.6 Å². The summed E-state index contributed by atoms with van der Waals surface area (Å²) in [6, 6.07) is 4.45. The van der Waals surface area contributed by atoms with Gasteiger partial charge >= 0.3 is 5.97 Å². The highest BCUT2D eigenvalue weighted by atomic mass is 16.6. The minimum absolute atomic E-state index is 0.0372. The number of aromatic nitrogens is 1. The Hall–Kier alpha value is -2.50. The Labute approximate surface area is 121 Å². The van der Waals surface area contributed by atoms with E-state index in [4.69, 9.17) is 0 Å². The fourth-order valence-corrected chi connectivity index (χ4v) is 2.49. The van der Waals surface area contributed by atoms with E-state index in [1.165, 1.54) is 24.5 Å². The molecule has 0 amide bonds. The molecule has 0 saturated carbocycles. The van der Waals surface area contributed by atoms with E-state index < -0.39 is 16.8 Å². The van der Waals surface area contributed by atoms with Crippen LogP contribution in [0.5, 0.6) is 0 Å². The number of nitro groups is 1. The minimum atomic E-state index is -0.928. The van der Waals surface area contributed by atoms with Crippen LogP contribution >= 0.6 is 0 Å². The van der Waals surface area contributed by atoms with Gasteiger partial charge in [-0.2, -0.15) is 0 Å². The van der Waals surface area contributed by atoms with Crippen molar-refractivity contribution in [3.05, 3.63) is 46.3 Å². The topological polar surface area (TPSA) is 93.3 Å². The van der Waals surface area contributed by atoms with E-state index in [-0.39, 0.29) is 11.6 Å². The van der Waals surface area contributed by atoms with E-state index in [1.54, 1.807) is 6.07 Å². The number of rotatable bonds is 5. The fourth-order valence-electron chi connectivity index (χ4n) is 2.49. The van der Waals surface area contributed by atoms with E-state index in [1.807, 2.05) is 13.8 Å². The van der Waals surface area contributed by atoms with Gasteiger partial charge in [-0.05, 0) is 24.0 Å². The first-order chi connectivity index (χ1) is 9.91. The predicted octanol–water partition coefficient (Wildman–Crippen LogP) is 3.36. The lowest BCUT2D eigenvalue weighted by Crippen LogP contribution is -2.14. The Kier molecular flexibility index (Phi) is 4.16. The van der Waals surface area contributed by atoms with Crippen LogP contribution in [0.1, 0.15) is 31.7 Å². The molecule has 0 fully saturated rings. The summed E-state index contributed by atoms with van der Waals surface area (Å²) in [6.45, 7) is 3.89. The Morgan fingerprint density at radius 2 is 2.05 bits per heavy atom. The zero-order valence-corrected chi connectivity index (χ0v) is 11.8. The molecule has 6 nitrogen and oxygen atoms in total. The maximum absolute atomic E-state index is 11.5. The lowest BCUT2D eigenvalue weighted by Gasteiger charge is -2.17. The zero-order valence-electron chi connectivity index (χ0n) is 11.8. The molecule has 2 rings (SSSR count). The molecular weight excluding hydrogens is 272 g/mol. The summed E-state index contributed by atoms with van der Waals surface area (Å²) in [5, 5.41) is 21.5. The first-order valence-electron chi connectivity index (χ1n) is 6.65. The number of carboxylic acid groups (broad SMARTS) is 1. The molecule has 0 bridgehead atoms. The molecular formula is C15H16N2O4. The molecule has 0 saturated heterocycles. The number of hydrogen-bond donors (Lipinski definition) is 1. The molecule has 110 valence electrons. The lowest BCUT2D eigenvalue weighted by molar-refractivity contribution is -0.383. The van der Waals surface area contributed by atoms with Crippen LogP contribution in [0, 0.1) is 16.0 Å². The van der Waals surface area contributed by atoms with Crippen molar-refractivity contribution in [3.8, 4) is 0 Å². The van der Waals surface area contributed by atoms with Crippen molar-refractivity contribution in [3.63, 3.8) is 0 Å². The summed E-state index contributed by atoms with van der Waals surface area (Å²) in [4.78, 5) is 26.1. The summed E-state index contributed by atoms with van der Waals surface area (Å²) in [5.41, 5.74) is 0.537. The number of aliphatic carboxylic acids is 1. The molecule has 21 heavy (non-hydrogen) atoms. The van der Waals surface area contributed by atoms with E-state index in [9.17, 15) is 20.0 Å². The number of carbonyl (C=O) groups is 1. The average Bonchev–Trinajstić information content (AvgIpc) is 2.43. The third-order valence-corrected chi connectivity index (χ3v) is 3.41. The van der Waals surface area contributed by atoms with Gasteiger partial charge in [0.1, 0.15) is 0 Å². The number of nitrogens with zero attached hydrogens (tertiary/aromatic N) is 2. The van der Waals surface area contributed by atoms with Crippen LogP contribution < -0.4 is 0 Å². The van der Waals surface area contributed by atoms with Gasteiger partial charge < -0.3 is 5.11 Å². The molecule has 0 aliphatic rings. The van der Waals surface area contributed by atoms with Gasteiger partial charge in [-0.15, -0.1) is 0 Å². The molecule has 1 aromatic carbocycles. The molecule has 2 aromatic rings. The van der Waals surface area contributed by atoms with Gasteiger partial charge in [-0.1, -0.05) is 19.9 Å². The second kappa shape index (κ2) is 5.87. The quantitative estimate of drug-likeness (QED) is 0.672. The third kappa shape index (κ3) is 2.99. The summed E-state index contributed by atoms with van der Waals surface area (Å²) in [7, 11) is 0. The minimum Gasteiger partial charge on any atom is -0.481 e. The predicted molar refractivity (Wildman–Crippen MR) is 78.2 cm³/mol. The number of non-ortho nitro benzene ring substituents is 1. The molecule has 1 atom stereocenters. The Morgan fingerprint density at radius 3 is 2.62 bits per heavy atom. The largest absolute Gasteiger partial charge is 0.481 e. The van der Waals surface area contributed by atoms with Crippen molar-refractivity contribution in [2.75, 3.05) is 0 Å². The van der Waals surface area contributed by atoms with Crippen molar-refractivity contribution >= 4 is 22.4 Å². The first-order valence-corrected chi connectivity index (χ1v) is 6.65. The van der Waals surface area contributed by atoms with Crippen LogP contribution in [0.25, 0.3) is 10.8 Å². The Balaban J connectivity index is 2.67. The van der Waals surface area contributed by atoms with Crippen molar-refractivity contribution < 1.29 is 14.8 Å². The third-order valence-electron chi connectivity index (χ3n) is 3.41. The lowest BCUT2D eigenvalue weighted by atomic mass is 9.87. The van der Waals surface area contributed by atoms with Crippen LogP contribution in [0.4, 0.5) is 5.69 Å². The van der Waals surface area contributed by atoms with E-state index >= 15 is 0 Å². The number of fused-ring (bicyclic) bond motifs is 1. The zero-order chi connectivity index (χ0) is 15.6. The van der Waals surface area contributed by atoms with Crippen LogP contribution in [0.2, 0.25) is 0 Å². The van der Waals surface area contributed by atoms with Crippen LogP contribution in [-0.2, 0) is 4.79 Å². The smallest absolute Gasteiger partial charge is 0.311 e. The van der Waals surface area contributed by atoms with Crippen LogP contribution in [-0.4, -0.2) is 21.0 Å². The average molecular weight is 288 g/mol. The SMILES string of the molecule is CC(C)CC(C(=O)O)c1ccc([N+](=O)[O-])c2ccncc12. The Morgan fingerprint density at radius 1 is 1.33 bits per heavy atom. The highest BCUT2D eigenvalue weighted by Crippen LogP contribution is 2.34. The first kappa shape index (κ1) is 14.9. The Bertz CT molecular complexity index is 697. The molecule has 1 N–H and O–H groups in total. The number of carboxylic acids is 1. The summed E-state index contributed by atoms with van der Waals surface area (Å²) < 4.78 is 0. The molecule has 1 unspecified atom stereocenters. The standard InChI is InChI=1S/C15H16N2O4/c1-9(2)7-12(15(18)19)10-3-4-14(17(20)21)11-5-6-16-8-13(10)11/h3-6,8-9,12H,7H2,1-2H3,(H,18,19). The second-order valence-electron chi connectivity index (χ2n) is 5.37. The molecule has 1 heterocycles. The number of pyridine rings is 1. The highest BCUT2D eigenvalue weighted by Gasteiger charge is 2.25. The van der Waals surface area contributed by atoms with E-state index in [0.29, 0.717) is 22.8 Å². The number of nitro benzene ring substituents is 1. The molecule has 6 heteroatoms. The fraction of sp³-hybridized carbons (Fsp3) is 0.333. The second-order valence-corrected chi connectivity index (χ2v) is 5.37. The van der Waals surface area contributed by atoms with Crippen molar-refractivity contribution in [2.24, 2.45) is 5.92 Å². The molecule has 0 aliphatic carbocycles. The van der Waals surface area contributed by atoms with Crippen molar-refractivity contribution in [2.45, 2.75) is 26.2 Å². The molecule has 0 spiro atoms. The van der Waals surface area contributed by atoms with Gasteiger partial charge in [0.2, 0.25) is 0 Å². The summed E-state index contributed by atoms with van der Waals surface area (Å²) in [6.07, 6.45) is 3.43. The van der Waals surface area contributed by atoms with Gasteiger partial charge in [-0.3, -0.25) is 19.9 Å². The number of hydrogen-bond acceptors (Lipinski definition) is 4. The molecule has 0 radical (unpaired) electrons. The van der Waals surface area contributed by atoms with Crippen LogP contribution in [0.3, 0.4) is 0 Å². The van der Waals surface area contributed by atoms with Gasteiger partial charge in [0.15, 0.2) is 0 Å². The van der Waals surface area contributed by atoms with Crippen molar-refractivity contribution in [1.82, 2.24) is 4.98 Å². The number of benzene rings is 1. The summed E-state index contributed by atoms with van der Waals surface area (Å²) in [5.74, 6) is -1.42. The summed E-state index contributed by atoms with van der Waals surface area (Å²) >= 11 is 0. The highest BCUT2D eigenvalue weighted by molar-refractivity contribution is 5.95. The van der Waals surface area contributed by atoms with Gasteiger partial charge in [0, 0.05) is 23.8 Å². The molecule has 1 aromatic heterocycles. The normalized spacial score (nSPS) is 12.5. The molecule has 0 aliphatic heterocycles. The monoisotopic (exact) mass is 288 g/mol. The maximum atomic E-state index is 11.5. The van der Waals surface area contributed by atoms with E-state index in [2.05, 4.69) is 4.98 Å². The van der Waals surface area contributed by atoms with Gasteiger partial charge in [-0.25, -0.2) is 0 Å². The van der Waals surface area contributed by atoms with Crippen molar-refractivity contribution in [1.29, 1.82) is 0 Å².